The van der Waals surface area contributed by atoms with Crippen molar-refractivity contribution in [1.82, 2.24) is 0 Å². The van der Waals surface area contributed by atoms with E-state index in [9.17, 15) is 0 Å². The number of nitrogens with zero attached hydrogens (tertiary/aromatic N) is 1. The first-order chi connectivity index (χ1) is 12.7. The molecular weight excluding hydrogens is 322 g/mol. The van der Waals surface area contributed by atoms with Crippen LogP contribution in [0.5, 0.6) is 5.75 Å². The van der Waals surface area contributed by atoms with Gasteiger partial charge in [-0.15, -0.1) is 5.26 Å². The van der Waals surface area contributed by atoms with Crippen LogP contribution in [0.25, 0.3) is 0 Å². The minimum Gasteiger partial charge on any atom is -0.462 e. The van der Waals surface area contributed by atoms with Crippen LogP contribution in [-0.2, 0) is 4.74 Å². The van der Waals surface area contributed by atoms with Crippen molar-refractivity contribution in [3.05, 3.63) is 79.3 Å². The Bertz CT molecular complexity index is 537. The monoisotopic (exact) mass is 357 g/mol. The summed E-state index contributed by atoms with van der Waals surface area (Å²) in [5.74, 6) is 2.24. The third-order valence-corrected chi connectivity index (χ3v) is 2.37. The van der Waals surface area contributed by atoms with E-state index < -0.39 is 0 Å². The molecule has 0 saturated carbocycles. The highest BCUT2D eigenvalue weighted by Crippen LogP contribution is 2.11. The quantitative estimate of drug-likeness (QED) is 0.287. The van der Waals surface area contributed by atoms with Gasteiger partial charge in [0.15, 0.2) is 0 Å². The Morgan fingerprint density at radius 3 is 2.12 bits per heavy atom. The summed E-state index contributed by atoms with van der Waals surface area (Å²) in [5.41, 5.74) is 0. The standard InChI is InChI=1S/C11H12O.C8H11NO.2C2H6/c1-3-7-10(2)12-11-8-5-4-6-9-11;1-3-5-6-8(4-2)10-7-9;2*1-2/h3-9H,1H2,2H3;4,6H,2-3,5H2,1H3;2*1-2H3/b10-7+;8-6-;;. The molecule has 0 saturated heterocycles. The molecule has 0 fully saturated rings. The van der Waals surface area contributed by atoms with E-state index in [-0.39, 0.29) is 0 Å². The predicted octanol–water partition coefficient (Wildman–Crippen LogP) is 7.56. The SMILES string of the molecule is C=C/C(=C/CCC)OC#N.C=C/C=C(\C)Oc1ccccc1.CC.CC. The fraction of sp³-hybridized carbons (Fsp3) is 0.348. The van der Waals surface area contributed by atoms with Crippen molar-refractivity contribution >= 4 is 0 Å². The van der Waals surface area contributed by atoms with Gasteiger partial charge in [-0.1, -0.05) is 78.5 Å². The second-order valence-electron chi connectivity index (χ2n) is 4.22. The maximum Gasteiger partial charge on any atom is 0.292 e. The van der Waals surface area contributed by atoms with Crippen LogP contribution in [0.3, 0.4) is 0 Å². The zero-order valence-corrected chi connectivity index (χ0v) is 17.3. The van der Waals surface area contributed by atoms with E-state index in [1.54, 1.807) is 12.3 Å². The van der Waals surface area contributed by atoms with Gasteiger partial charge in [0.25, 0.3) is 6.26 Å². The topological polar surface area (TPSA) is 42.2 Å². The van der Waals surface area contributed by atoms with Crippen LogP contribution in [0.15, 0.2) is 79.3 Å². The van der Waals surface area contributed by atoms with Crippen molar-refractivity contribution in [3.8, 4) is 12.0 Å². The lowest BCUT2D eigenvalue weighted by atomic mass is 10.3. The molecule has 26 heavy (non-hydrogen) atoms. The average molecular weight is 358 g/mol. The maximum absolute atomic E-state index is 8.11. The first-order valence-corrected chi connectivity index (χ1v) is 9.08. The van der Waals surface area contributed by atoms with Gasteiger partial charge in [0.2, 0.25) is 0 Å². The molecule has 0 unspecified atom stereocenters. The number of ether oxygens (including phenoxy) is 2. The molecule has 1 aromatic rings. The first-order valence-electron chi connectivity index (χ1n) is 9.08. The van der Waals surface area contributed by atoms with Crippen LogP contribution in [0.2, 0.25) is 0 Å². The summed E-state index contributed by atoms with van der Waals surface area (Å²) in [6, 6.07) is 9.67. The number of unbranched alkanes of at least 4 members (excludes halogenated alkanes) is 1. The summed E-state index contributed by atoms with van der Waals surface area (Å²) < 4.78 is 9.99. The lowest BCUT2D eigenvalue weighted by Gasteiger charge is -2.03. The van der Waals surface area contributed by atoms with Gasteiger partial charge in [-0.2, -0.15) is 0 Å². The Kier molecular flexibility index (Phi) is 26.5. The summed E-state index contributed by atoms with van der Waals surface area (Å²) >= 11 is 0. The van der Waals surface area contributed by atoms with E-state index >= 15 is 0 Å². The third-order valence-electron chi connectivity index (χ3n) is 2.37. The Morgan fingerprint density at radius 2 is 1.69 bits per heavy atom. The van der Waals surface area contributed by atoms with Crippen molar-refractivity contribution < 1.29 is 9.47 Å². The predicted molar refractivity (Wildman–Crippen MR) is 114 cm³/mol. The summed E-state index contributed by atoms with van der Waals surface area (Å²) in [5, 5.41) is 8.11. The lowest BCUT2D eigenvalue weighted by Crippen LogP contribution is -1.88. The molecule has 0 aliphatic rings. The number of rotatable bonds is 7. The molecule has 0 atom stereocenters. The number of allylic oxidation sites excluding steroid dienone is 5. The largest absolute Gasteiger partial charge is 0.462 e. The Morgan fingerprint density at radius 1 is 1.12 bits per heavy atom. The molecule has 144 valence electrons. The van der Waals surface area contributed by atoms with Crippen molar-refractivity contribution in [3.63, 3.8) is 0 Å². The van der Waals surface area contributed by atoms with E-state index in [1.807, 2.05) is 77.1 Å². The fourth-order valence-electron chi connectivity index (χ4n) is 1.38. The van der Waals surface area contributed by atoms with Gasteiger partial charge in [0, 0.05) is 0 Å². The molecule has 0 N–H and O–H groups in total. The van der Waals surface area contributed by atoms with Crippen molar-refractivity contribution in [2.45, 2.75) is 54.4 Å². The molecule has 0 aliphatic carbocycles. The molecule has 0 amide bonds. The van der Waals surface area contributed by atoms with Gasteiger partial charge in [0.1, 0.15) is 17.3 Å². The van der Waals surface area contributed by atoms with Crippen LogP contribution in [0.1, 0.15) is 54.4 Å². The molecule has 0 radical (unpaired) electrons. The molecule has 0 spiro atoms. The molecule has 1 rings (SSSR count). The Labute approximate surface area is 161 Å². The van der Waals surface area contributed by atoms with Crippen LogP contribution >= 0.6 is 0 Å². The van der Waals surface area contributed by atoms with Crippen LogP contribution in [0, 0.1) is 11.5 Å². The Balaban J connectivity index is -0.000000346. The zero-order valence-electron chi connectivity index (χ0n) is 17.3. The summed E-state index contributed by atoms with van der Waals surface area (Å²) in [4.78, 5) is 0. The first kappa shape index (κ1) is 28.1. The maximum atomic E-state index is 8.11. The highest BCUT2D eigenvalue weighted by molar-refractivity contribution is 5.23. The number of hydrogen-bond donors (Lipinski definition) is 0. The van der Waals surface area contributed by atoms with Gasteiger partial charge in [0.05, 0.1) is 0 Å². The molecule has 0 aliphatic heterocycles. The summed E-state index contributed by atoms with van der Waals surface area (Å²) in [6.45, 7) is 19.0. The minimum absolute atomic E-state index is 0.546. The van der Waals surface area contributed by atoms with Crippen molar-refractivity contribution in [1.29, 1.82) is 5.26 Å². The van der Waals surface area contributed by atoms with E-state index in [1.165, 1.54) is 6.08 Å². The smallest absolute Gasteiger partial charge is 0.292 e. The number of benzene rings is 1. The fourth-order valence-corrected chi connectivity index (χ4v) is 1.38. The second kappa shape index (κ2) is 24.5. The summed E-state index contributed by atoms with van der Waals surface area (Å²) in [6.07, 6.45) is 10.5. The molecular formula is C23H35NO2. The van der Waals surface area contributed by atoms with Crippen molar-refractivity contribution in [2.75, 3.05) is 0 Å². The van der Waals surface area contributed by atoms with Gasteiger partial charge in [-0.3, -0.25) is 0 Å². The van der Waals surface area contributed by atoms with Crippen LogP contribution < -0.4 is 4.74 Å². The third kappa shape index (κ3) is 19.3. The normalized spacial score (nSPS) is 9.42. The van der Waals surface area contributed by atoms with Gasteiger partial charge in [-0.05, 0) is 43.7 Å². The van der Waals surface area contributed by atoms with Gasteiger partial charge >= 0.3 is 0 Å². The second-order valence-corrected chi connectivity index (χ2v) is 4.22. The highest BCUT2D eigenvalue weighted by Gasteiger charge is 1.90. The molecule has 1 aromatic carbocycles. The molecule has 0 bridgehead atoms. The molecule has 3 heteroatoms. The molecule has 0 heterocycles. The Hall–Kier alpha value is -2.73. The lowest BCUT2D eigenvalue weighted by molar-refractivity contribution is 0.390. The minimum atomic E-state index is 0.546. The molecule has 0 aromatic heterocycles. The number of para-hydroxylation sites is 1. The summed E-state index contributed by atoms with van der Waals surface area (Å²) in [7, 11) is 0. The average Bonchev–Trinajstić information content (AvgIpc) is 2.70. The van der Waals surface area contributed by atoms with Gasteiger partial charge in [-0.25, -0.2) is 0 Å². The van der Waals surface area contributed by atoms with E-state index in [0.717, 1.165) is 24.4 Å². The van der Waals surface area contributed by atoms with Gasteiger partial charge < -0.3 is 9.47 Å². The number of nitriles is 1. The molecule has 3 nitrogen and oxygen atoms in total. The number of hydrogen-bond acceptors (Lipinski definition) is 3. The van der Waals surface area contributed by atoms with E-state index in [2.05, 4.69) is 24.8 Å². The van der Waals surface area contributed by atoms with E-state index in [4.69, 9.17) is 10.00 Å². The van der Waals surface area contributed by atoms with E-state index in [0.29, 0.717) is 5.76 Å². The van der Waals surface area contributed by atoms with Crippen molar-refractivity contribution in [2.24, 2.45) is 0 Å². The zero-order chi connectivity index (χ0) is 20.6. The highest BCUT2D eigenvalue weighted by atomic mass is 16.5. The van der Waals surface area contributed by atoms with Crippen LogP contribution in [-0.4, -0.2) is 0 Å². The van der Waals surface area contributed by atoms with Crippen LogP contribution in [0.4, 0.5) is 0 Å².